The minimum Gasteiger partial charge on any atom is -0.489 e. The van der Waals surface area contributed by atoms with Gasteiger partial charge >= 0.3 is 5.57 Å². The number of rotatable bonds is 29. The van der Waals surface area contributed by atoms with Crippen LogP contribution in [0.4, 0.5) is 20.3 Å². The van der Waals surface area contributed by atoms with Gasteiger partial charge in [-0.05, 0) is 264 Å². The molecule has 8 aromatic carbocycles. The number of fused-ring (bicyclic) bond motifs is 5. The van der Waals surface area contributed by atoms with E-state index in [0.29, 0.717) is 100 Å². The van der Waals surface area contributed by atoms with Gasteiger partial charge in [0.1, 0.15) is 30.0 Å². The molecule has 4 saturated heterocycles. The Morgan fingerprint density at radius 3 is 1.87 bits per heavy atom. The molecule has 14 N–H and O–H groups in total. The largest absolute Gasteiger partial charge is 0.489 e. The Morgan fingerprint density at radius 2 is 1.25 bits per heavy atom. The quantitative estimate of drug-likeness (QED) is 0.0153. The average molecular weight is 2120 g/mol. The summed E-state index contributed by atoms with van der Waals surface area (Å²) in [6.45, 7) is 16.2. The number of benzene rings is 8. The first-order valence-electron chi connectivity index (χ1n) is 48.2. The van der Waals surface area contributed by atoms with Crippen LogP contribution in [0.3, 0.4) is 0 Å². The number of hydrogen-bond acceptors (Lipinski definition) is 16. The number of nitrogens with zero attached hydrogens (tertiary/aromatic N) is 4. The lowest BCUT2D eigenvalue weighted by Crippen LogP contribution is -2.40. The normalized spacial score (nSPS) is 17.1. The summed E-state index contributed by atoms with van der Waals surface area (Å²) in [5.41, 5.74) is 17.2. The lowest BCUT2D eigenvalue weighted by molar-refractivity contribution is -0.0965. The van der Waals surface area contributed by atoms with Gasteiger partial charge in [-0.1, -0.05) is 155 Å². The molecule has 12 heterocycles. The zero-order valence-electron chi connectivity index (χ0n) is 79.8. The van der Waals surface area contributed by atoms with Crippen molar-refractivity contribution in [2.75, 3.05) is 69.2 Å². The molecule has 7 atom stereocenters. The lowest BCUT2D eigenvalue weighted by atomic mass is 9.85. The number of alkyl halides is 3. The Balaban J connectivity index is 0.000000131. The second kappa shape index (κ2) is 50.3. The van der Waals surface area contributed by atoms with E-state index in [2.05, 4.69) is 128 Å². The molecule has 0 bridgehead atoms. The van der Waals surface area contributed by atoms with Crippen molar-refractivity contribution in [3.63, 3.8) is 0 Å². The number of H-pyrrole nitrogens is 7. The molecular weight excluding hydrogens is 2000 g/mol. The molecule has 0 spiro atoms. The highest BCUT2D eigenvalue weighted by molar-refractivity contribution is 9.10. The second-order valence-corrected chi connectivity index (χ2v) is 40.9. The Hall–Kier alpha value is -11.5. The van der Waals surface area contributed by atoms with Crippen LogP contribution in [0.15, 0.2) is 247 Å². The molecule has 20 rings (SSSR count). The first-order chi connectivity index (χ1) is 68.9. The van der Waals surface area contributed by atoms with E-state index in [9.17, 15) is 37.9 Å². The van der Waals surface area contributed by atoms with Gasteiger partial charge in [0, 0.05) is 238 Å². The van der Waals surface area contributed by atoms with E-state index in [-0.39, 0.29) is 41.2 Å². The van der Waals surface area contributed by atoms with Crippen molar-refractivity contribution >= 4 is 175 Å². The number of pyridine rings is 2. The number of piperidine rings is 2. The number of likely N-dealkylation sites (tertiary alicyclic amines) is 1. The molecule has 0 saturated carbocycles. The number of nitrogens with two attached hydrogens (primary N) is 1. The molecule has 0 radical (unpaired) electrons. The molecular formula is C110H117BrCl6F2N16O8. The summed E-state index contributed by atoms with van der Waals surface area (Å²) in [5, 5.41) is 38.4. The Labute approximate surface area is 866 Å². The number of para-hydroxylation sites is 2. The van der Waals surface area contributed by atoms with E-state index in [1.54, 1.807) is 36.8 Å². The van der Waals surface area contributed by atoms with Crippen molar-refractivity contribution < 1.29 is 42.5 Å². The van der Waals surface area contributed by atoms with E-state index < -0.39 is 11.7 Å². The predicted molar refractivity (Wildman–Crippen MR) is 577 cm³/mol. The monoisotopic (exact) mass is 2120 g/mol. The Kier molecular flexibility index (Phi) is 37.2. The van der Waals surface area contributed by atoms with Gasteiger partial charge in [-0.25, -0.2) is 4.98 Å². The second-order valence-electron chi connectivity index (χ2n) is 37.3. The minimum atomic E-state index is -3.80. The van der Waals surface area contributed by atoms with Crippen LogP contribution in [0.5, 0.6) is 11.5 Å². The van der Waals surface area contributed by atoms with Gasteiger partial charge < -0.3 is 76.4 Å². The van der Waals surface area contributed by atoms with Gasteiger partial charge in [-0.3, -0.25) is 34.0 Å². The zero-order valence-corrected chi connectivity index (χ0v) is 85.9. The molecule has 33 heteroatoms. The van der Waals surface area contributed by atoms with Crippen molar-refractivity contribution in [1.82, 2.24) is 65.9 Å². The van der Waals surface area contributed by atoms with Gasteiger partial charge in [0.05, 0.1) is 21.8 Å². The number of aromatic amines is 7. The molecule has 4 aliphatic heterocycles. The smallest absolute Gasteiger partial charge is 0.487 e. The summed E-state index contributed by atoms with van der Waals surface area (Å²) in [4.78, 5) is 90.2. The molecule has 748 valence electrons. The van der Waals surface area contributed by atoms with Crippen LogP contribution in [-0.2, 0) is 25.8 Å². The third-order valence-electron chi connectivity index (χ3n) is 26.1. The highest BCUT2D eigenvalue weighted by Crippen LogP contribution is 2.38. The molecule has 24 nitrogen and oxygen atoms in total. The highest BCUT2D eigenvalue weighted by atomic mass is 79.9. The predicted octanol–water partition coefficient (Wildman–Crippen LogP) is 24.3. The maximum Gasteiger partial charge on any atom is 0.487 e. The van der Waals surface area contributed by atoms with Crippen LogP contribution in [0.1, 0.15) is 148 Å². The number of nitrogens with one attached hydrogen (secondary N) is 11. The SMILES string of the molecule is CC(C)NCC(O)COc1cccc2cc[nH]c12.C[C@@H]1CCN(c2ncc(C(=O)Nc3ccc(OC(F)(F)Cl)cc3)cc2-c2ccn[nH]2)C1.Cc1[nH]c2cc(Cl)cc(Cl)c2c1CCN.O=C(C[C@H]1CCN(Cc2ccc(=O)[nH]c2)C1)c1c[nH]c2ccc(Cl)cc12.O=C(C[C@H]1CCN[C@H](Cc2ccc(Cl)cc2)C1)c1c[nH]c2ccc(Br)cc12.O=C(C[C@H]1CCN[C@H](Cc2ccc(Cl)cc2)C1)c1c[nH]c2ccccc12. The van der Waals surface area contributed by atoms with Crippen molar-refractivity contribution in [3.8, 4) is 22.8 Å². The van der Waals surface area contributed by atoms with Crippen molar-refractivity contribution in [2.24, 2.45) is 29.4 Å². The number of amides is 1. The number of aliphatic hydroxyl groups excluding tert-OH is 1. The molecule has 8 aromatic heterocycles. The van der Waals surface area contributed by atoms with E-state index in [1.807, 2.05) is 167 Å². The number of ether oxygens (including phenoxy) is 2. The van der Waals surface area contributed by atoms with Crippen molar-refractivity contribution in [3.05, 3.63) is 328 Å². The summed E-state index contributed by atoms with van der Waals surface area (Å²) in [6, 6.07) is 60.9. The Bertz CT molecular complexity index is 7010. The Morgan fingerprint density at radius 1 is 0.629 bits per heavy atom. The minimum absolute atomic E-state index is 0.0857. The summed E-state index contributed by atoms with van der Waals surface area (Å²) < 4.78 is 36.3. The fourth-order valence-corrected chi connectivity index (χ4v) is 20.5. The summed E-state index contributed by atoms with van der Waals surface area (Å²) in [7, 11) is 0. The van der Waals surface area contributed by atoms with E-state index in [1.165, 1.54) is 47.2 Å². The van der Waals surface area contributed by atoms with Crippen LogP contribution >= 0.6 is 85.5 Å². The van der Waals surface area contributed by atoms with Gasteiger partial charge in [0.2, 0.25) is 5.56 Å². The van der Waals surface area contributed by atoms with E-state index in [4.69, 9.17) is 80.1 Å². The van der Waals surface area contributed by atoms with Crippen LogP contribution in [0, 0.1) is 30.6 Å². The first kappa shape index (κ1) is 106. The zero-order chi connectivity index (χ0) is 101. The van der Waals surface area contributed by atoms with E-state index in [0.717, 1.165) is 223 Å². The molecule has 4 fully saturated rings. The summed E-state index contributed by atoms with van der Waals surface area (Å²) in [5.74, 6) is 3.51. The average Bonchev–Trinajstić information content (AvgIpc) is 1.64. The number of aryl methyl sites for hydroxylation is 1. The first-order valence-corrected chi connectivity index (χ1v) is 51.2. The molecule has 143 heavy (non-hydrogen) atoms. The number of Topliss-reactive ketones (excluding diaryl/α,β-unsaturated/α-hetero) is 3. The molecule has 16 aromatic rings. The maximum atomic E-state index is 12.9. The molecule has 1 amide bonds. The van der Waals surface area contributed by atoms with Gasteiger partial charge in [0.25, 0.3) is 5.91 Å². The topological polar surface area (TPSA) is 341 Å². The maximum absolute atomic E-state index is 12.9. The number of aromatic nitrogens is 9. The molecule has 4 aliphatic rings. The number of carbonyl (C=O) groups excluding carboxylic acids is 4. The van der Waals surface area contributed by atoms with Crippen LogP contribution in [0.25, 0.3) is 65.8 Å². The van der Waals surface area contributed by atoms with Crippen LogP contribution < -0.4 is 46.9 Å². The number of hydrogen-bond donors (Lipinski definition) is 13. The third-order valence-corrected chi connectivity index (χ3v) is 27.9. The summed E-state index contributed by atoms with van der Waals surface area (Å²) >= 11 is 38.4. The van der Waals surface area contributed by atoms with Crippen LogP contribution in [-0.4, -0.2) is 167 Å². The molecule has 0 aliphatic carbocycles. The number of ketones is 3. The fraction of sp³-hybridized carbons (Fsp3) is 0.318. The molecule has 1 unspecified atom stereocenters. The third kappa shape index (κ3) is 29.9. The number of carbonyl (C=O) groups is 4. The van der Waals surface area contributed by atoms with Gasteiger partial charge in [-0.15, -0.1) is 8.78 Å². The van der Waals surface area contributed by atoms with Gasteiger partial charge in [0.15, 0.2) is 17.3 Å². The number of aliphatic hydroxyl groups is 1. The fourth-order valence-electron chi connectivity index (χ4n) is 19.0. The summed E-state index contributed by atoms with van der Waals surface area (Å²) in [6.07, 6.45) is 22.6. The number of anilines is 2. The van der Waals surface area contributed by atoms with E-state index >= 15 is 0 Å². The lowest BCUT2D eigenvalue weighted by Gasteiger charge is -2.30. The highest BCUT2D eigenvalue weighted by Gasteiger charge is 2.32. The standard InChI is InChI=1S/C22H22BrClN2O.C22H23ClN2O.C21H20ClF2N5O2.C20H20ClN3O2.C14H20N2O2.C11H12Cl2N2/c23-16-3-6-21-19(12-16)20(13-26-21)22(27)11-15-7-8-25-18(10-15)9-14-1-4-17(24)5-2-14;23-17-7-5-15(6-8-17)11-18-12-16(9-10-24-18)13-22(26)20-14-25-21-4-2-1-3-19(20)21;1-13-7-9-29(12-13)19-17(18-6-8-26-28-18)10-14(11-25-19)20(30)27-15-2-4-16(5-3-15)31-21(22,23)24;21-15-2-3-18-16(8-15)17(10-22-18)19(25)7-13-5-6-24(11-13)12-14-1-4-20(26)23-9-14;1-10(2)16-8-12(17)9-18-13-5-3-4-11-6-7-15-14(11)13;1-6-8(2-3-14)11-9(13)4-7(12)5-10(11)15-6/h1-6,12-13,15,18,25-26H,7-11H2;1-8,14,16,18,24-25H,9-13H2;2-6,8,10-11,13H,7,9,12H2,1H3,(H,26,28)(H,27,30);1-4,8-10,13,22H,5-7,11-12H2,(H,23,26);3-7,10,12,15-17H,8-9H2,1-2H3;4-5,15H,2-3,14H2,1H3/t15-,18+;16-,18+;2*13-;;/m0011../s1. The van der Waals surface area contributed by atoms with Crippen molar-refractivity contribution in [1.29, 1.82) is 0 Å². The van der Waals surface area contributed by atoms with Crippen LogP contribution in [0.2, 0.25) is 25.1 Å². The van der Waals surface area contributed by atoms with Gasteiger partial charge in [-0.2, -0.15) is 5.10 Å². The number of halogens is 9. The van der Waals surface area contributed by atoms with Crippen molar-refractivity contribution in [2.45, 2.75) is 141 Å².